The first-order valence-corrected chi connectivity index (χ1v) is 5.38. The number of anilines is 1. The molecule has 88 valence electrons. The standard InChI is InChI=1S/C12H18N2O2/c1-3-14(8-9-15)12-6-4-11(5-7-12)10-13(2)16/h4-7,10,15H,3,8-9H2,1-2H3/b13-10+. The minimum atomic E-state index is 0.144. The molecular weight excluding hydrogens is 204 g/mol. The summed E-state index contributed by atoms with van der Waals surface area (Å²) in [6, 6.07) is 7.69. The molecule has 0 radical (unpaired) electrons. The molecule has 0 unspecified atom stereocenters. The zero-order valence-electron chi connectivity index (χ0n) is 9.76. The first kappa shape index (κ1) is 12.5. The lowest BCUT2D eigenvalue weighted by atomic mass is 10.2. The van der Waals surface area contributed by atoms with E-state index in [1.165, 1.54) is 13.3 Å². The minimum Gasteiger partial charge on any atom is -0.624 e. The van der Waals surface area contributed by atoms with Gasteiger partial charge >= 0.3 is 0 Å². The van der Waals surface area contributed by atoms with Crippen LogP contribution in [0, 0.1) is 5.21 Å². The summed E-state index contributed by atoms with van der Waals surface area (Å²) in [6.45, 7) is 3.66. The van der Waals surface area contributed by atoms with Crippen LogP contribution in [-0.2, 0) is 0 Å². The molecule has 0 fully saturated rings. The van der Waals surface area contributed by atoms with E-state index in [0.29, 0.717) is 6.54 Å². The van der Waals surface area contributed by atoms with Gasteiger partial charge in [-0.1, -0.05) is 0 Å². The molecule has 0 aromatic heterocycles. The van der Waals surface area contributed by atoms with Crippen LogP contribution in [0.15, 0.2) is 24.3 Å². The Morgan fingerprint density at radius 2 is 2.00 bits per heavy atom. The van der Waals surface area contributed by atoms with Gasteiger partial charge in [0.2, 0.25) is 0 Å². The van der Waals surface area contributed by atoms with E-state index in [1.807, 2.05) is 31.2 Å². The van der Waals surface area contributed by atoms with E-state index >= 15 is 0 Å². The van der Waals surface area contributed by atoms with Gasteiger partial charge in [0.15, 0.2) is 6.21 Å². The van der Waals surface area contributed by atoms with Crippen LogP contribution in [-0.4, -0.2) is 42.8 Å². The zero-order valence-corrected chi connectivity index (χ0v) is 9.76. The molecule has 4 heteroatoms. The molecule has 0 atom stereocenters. The molecule has 0 aliphatic rings. The van der Waals surface area contributed by atoms with Crippen molar-refractivity contribution in [2.24, 2.45) is 0 Å². The molecule has 0 heterocycles. The molecule has 1 aromatic rings. The van der Waals surface area contributed by atoms with E-state index < -0.39 is 0 Å². The second kappa shape index (κ2) is 6.12. The van der Waals surface area contributed by atoms with Crippen LogP contribution in [0.5, 0.6) is 0 Å². The summed E-state index contributed by atoms with van der Waals surface area (Å²) in [4.78, 5) is 2.07. The summed E-state index contributed by atoms with van der Waals surface area (Å²) < 4.78 is 0.778. The van der Waals surface area contributed by atoms with Gasteiger partial charge in [-0.2, -0.15) is 0 Å². The second-order valence-electron chi connectivity index (χ2n) is 3.57. The summed E-state index contributed by atoms with van der Waals surface area (Å²) in [5.41, 5.74) is 1.93. The van der Waals surface area contributed by atoms with Crippen molar-refractivity contribution in [1.82, 2.24) is 0 Å². The molecule has 1 aromatic carbocycles. The smallest absolute Gasteiger partial charge is 0.181 e. The third-order valence-electron chi connectivity index (χ3n) is 2.34. The van der Waals surface area contributed by atoms with Crippen LogP contribution in [0.25, 0.3) is 0 Å². The Hall–Kier alpha value is -1.55. The van der Waals surface area contributed by atoms with Gasteiger partial charge in [-0.15, -0.1) is 0 Å². The van der Waals surface area contributed by atoms with Crippen molar-refractivity contribution in [3.8, 4) is 0 Å². The predicted octanol–water partition coefficient (Wildman–Crippen LogP) is 1.06. The highest BCUT2D eigenvalue weighted by molar-refractivity contribution is 5.76. The van der Waals surface area contributed by atoms with Crippen LogP contribution < -0.4 is 4.90 Å². The largest absolute Gasteiger partial charge is 0.624 e. The Morgan fingerprint density at radius 3 is 2.44 bits per heavy atom. The number of rotatable bonds is 5. The van der Waals surface area contributed by atoms with Crippen LogP contribution in [0.2, 0.25) is 0 Å². The van der Waals surface area contributed by atoms with E-state index in [0.717, 1.165) is 22.5 Å². The van der Waals surface area contributed by atoms with E-state index in [2.05, 4.69) is 4.90 Å². The maximum Gasteiger partial charge on any atom is 0.181 e. The van der Waals surface area contributed by atoms with Crippen molar-refractivity contribution in [2.75, 3.05) is 31.6 Å². The van der Waals surface area contributed by atoms with Crippen molar-refractivity contribution in [3.63, 3.8) is 0 Å². The summed E-state index contributed by atoms with van der Waals surface area (Å²) in [6.07, 6.45) is 1.52. The predicted molar refractivity (Wildman–Crippen MR) is 66.1 cm³/mol. The molecule has 0 spiro atoms. The molecule has 1 N–H and O–H groups in total. The van der Waals surface area contributed by atoms with Crippen molar-refractivity contribution in [1.29, 1.82) is 0 Å². The number of hydrogen-bond acceptors (Lipinski definition) is 3. The second-order valence-corrected chi connectivity index (χ2v) is 3.57. The van der Waals surface area contributed by atoms with Gasteiger partial charge in [0.05, 0.1) is 6.61 Å². The van der Waals surface area contributed by atoms with Gasteiger partial charge in [-0.05, 0) is 31.2 Å². The number of aliphatic hydroxyl groups is 1. The highest BCUT2D eigenvalue weighted by Gasteiger charge is 2.02. The van der Waals surface area contributed by atoms with Gasteiger partial charge < -0.3 is 15.2 Å². The first-order valence-electron chi connectivity index (χ1n) is 5.38. The van der Waals surface area contributed by atoms with Crippen molar-refractivity contribution in [2.45, 2.75) is 6.92 Å². The SMILES string of the molecule is CCN(CCO)c1ccc(/C=[N+](\C)[O-])cc1. The number of benzene rings is 1. The first-order chi connectivity index (χ1) is 7.67. The van der Waals surface area contributed by atoms with Crippen LogP contribution >= 0.6 is 0 Å². The maximum atomic E-state index is 10.8. The Labute approximate surface area is 96.0 Å². The van der Waals surface area contributed by atoms with Crippen LogP contribution in [0.4, 0.5) is 5.69 Å². The van der Waals surface area contributed by atoms with E-state index in [4.69, 9.17) is 5.11 Å². The number of aliphatic hydroxyl groups excluding tert-OH is 1. The van der Waals surface area contributed by atoms with E-state index in [-0.39, 0.29) is 6.61 Å². The fourth-order valence-corrected chi connectivity index (χ4v) is 1.57. The fraction of sp³-hybridized carbons (Fsp3) is 0.417. The number of hydroxylamine groups is 1. The third kappa shape index (κ3) is 3.55. The molecule has 0 amide bonds. The van der Waals surface area contributed by atoms with Gasteiger partial charge in [-0.25, -0.2) is 4.74 Å². The Morgan fingerprint density at radius 1 is 1.38 bits per heavy atom. The number of likely N-dealkylation sites (N-methyl/N-ethyl adjacent to an activating group) is 1. The Bertz CT molecular complexity index is 343. The van der Waals surface area contributed by atoms with Crippen molar-refractivity contribution < 1.29 is 9.85 Å². The maximum absolute atomic E-state index is 10.8. The van der Waals surface area contributed by atoms with E-state index in [1.54, 1.807) is 0 Å². The summed E-state index contributed by atoms with van der Waals surface area (Å²) >= 11 is 0. The lowest BCUT2D eigenvalue weighted by Crippen LogP contribution is -2.25. The number of hydrogen-bond donors (Lipinski definition) is 1. The monoisotopic (exact) mass is 222 g/mol. The molecule has 4 nitrogen and oxygen atoms in total. The number of nitrogens with zero attached hydrogens (tertiary/aromatic N) is 2. The summed E-state index contributed by atoms with van der Waals surface area (Å²) in [5, 5.41) is 19.7. The Kier molecular flexibility index (Phi) is 4.79. The van der Waals surface area contributed by atoms with Gasteiger partial charge in [0.25, 0.3) is 0 Å². The highest BCUT2D eigenvalue weighted by Crippen LogP contribution is 2.13. The summed E-state index contributed by atoms with van der Waals surface area (Å²) in [7, 11) is 1.46. The summed E-state index contributed by atoms with van der Waals surface area (Å²) in [5.74, 6) is 0. The Balaban J connectivity index is 2.80. The average molecular weight is 222 g/mol. The van der Waals surface area contributed by atoms with E-state index in [9.17, 15) is 5.21 Å². The van der Waals surface area contributed by atoms with Crippen molar-refractivity contribution >= 4 is 11.9 Å². The lowest BCUT2D eigenvalue weighted by Gasteiger charge is -2.21. The van der Waals surface area contributed by atoms with Crippen LogP contribution in [0.1, 0.15) is 12.5 Å². The fourth-order valence-electron chi connectivity index (χ4n) is 1.57. The molecule has 0 aliphatic carbocycles. The van der Waals surface area contributed by atoms with Gasteiger partial charge in [0, 0.05) is 24.3 Å². The minimum absolute atomic E-state index is 0.144. The topological polar surface area (TPSA) is 49.5 Å². The lowest BCUT2D eigenvalue weighted by molar-refractivity contribution is -0.416. The highest BCUT2D eigenvalue weighted by atomic mass is 16.5. The zero-order chi connectivity index (χ0) is 12.0. The normalized spacial score (nSPS) is 11.6. The molecular formula is C12H18N2O2. The van der Waals surface area contributed by atoms with Gasteiger partial charge in [-0.3, -0.25) is 0 Å². The third-order valence-corrected chi connectivity index (χ3v) is 2.34. The van der Waals surface area contributed by atoms with Crippen LogP contribution in [0.3, 0.4) is 0 Å². The molecule has 1 rings (SSSR count). The molecule has 0 bridgehead atoms. The quantitative estimate of drug-likeness (QED) is 0.351. The molecule has 16 heavy (non-hydrogen) atoms. The molecule has 0 saturated heterocycles. The van der Waals surface area contributed by atoms with Crippen molar-refractivity contribution in [3.05, 3.63) is 35.0 Å². The van der Waals surface area contributed by atoms with Gasteiger partial charge in [0.1, 0.15) is 7.05 Å². The molecule has 0 saturated carbocycles. The average Bonchev–Trinajstić information content (AvgIpc) is 2.26. The molecule has 0 aliphatic heterocycles.